The number of likely N-dealkylation sites (N-methyl/N-ethyl adjacent to an activating group) is 1. The second-order valence-corrected chi connectivity index (χ2v) is 4.71. The van der Waals surface area contributed by atoms with E-state index in [9.17, 15) is 4.79 Å². The molecule has 1 aliphatic rings. The third kappa shape index (κ3) is 3.04. The molecule has 0 unspecified atom stereocenters. The lowest BCUT2D eigenvalue weighted by atomic mass is 9.93. The topological polar surface area (TPSA) is 58.1 Å². The number of hydrogen-bond acceptors (Lipinski definition) is 4. The highest BCUT2D eigenvalue weighted by Crippen LogP contribution is 2.26. The molecule has 98 valence electrons. The van der Waals surface area contributed by atoms with Crippen molar-refractivity contribution >= 4 is 5.91 Å². The van der Waals surface area contributed by atoms with Gasteiger partial charge in [-0.05, 0) is 32.9 Å². The maximum Gasteiger partial charge on any atom is 0.236 e. The Morgan fingerprint density at radius 2 is 2.22 bits per heavy atom. The summed E-state index contributed by atoms with van der Waals surface area (Å²) in [5, 5.41) is 2.90. The molecular formula is C13H20N4O. The molecule has 5 nitrogen and oxygen atoms in total. The zero-order valence-electron chi connectivity index (χ0n) is 11.0. The molecule has 1 aliphatic heterocycles. The zero-order chi connectivity index (χ0) is 13.0. The summed E-state index contributed by atoms with van der Waals surface area (Å²) in [6, 6.07) is 1.99. The van der Waals surface area contributed by atoms with E-state index in [1.807, 2.05) is 24.1 Å². The lowest BCUT2D eigenvalue weighted by Gasteiger charge is -2.31. The van der Waals surface area contributed by atoms with Gasteiger partial charge in [-0.2, -0.15) is 0 Å². The van der Waals surface area contributed by atoms with Crippen LogP contribution in [0.3, 0.4) is 0 Å². The van der Waals surface area contributed by atoms with Crippen LogP contribution in [-0.4, -0.2) is 47.5 Å². The monoisotopic (exact) mass is 248 g/mol. The smallest absolute Gasteiger partial charge is 0.236 e. The van der Waals surface area contributed by atoms with Gasteiger partial charge in [-0.25, -0.2) is 9.97 Å². The van der Waals surface area contributed by atoms with E-state index in [0.717, 1.165) is 37.4 Å². The highest BCUT2D eigenvalue weighted by molar-refractivity contribution is 5.78. The minimum atomic E-state index is 0.190. The van der Waals surface area contributed by atoms with Crippen LogP contribution in [-0.2, 0) is 4.79 Å². The van der Waals surface area contributed by atoms with Gasteiger partial charge < -0.3 is 10.2 Å². The Bertz CT molecular complexity index is 413. The first-order valence-corrected chi connectivity index (χ1v) is 6.42. The summed E-state index contributed by atoms with van der Waals surface area (Å²) in [6.07, 6.45) is 3.80. The number of hydrogen-bond donors (Lipinski definition) is 1. The summed E-state index contributed by atoms with van der Waals surface area (Å²) in [4.78, 5) is 22.3. The Hall–Kier alpha value is -1.49. The summed E-state index contributed by atoms with van der Waals surface area (Å²) in [6.45, 7) is 3.99. The standard InChI is InChI=1S/C13H20N4O/c1-10-15-6-3-12(16-10)11-4-7-17(8-5-11)13(18)9-14-2/h3,6,11,14H,4-5,7-9H2,1-2H3. The maximum absolute atomic E-state index is 11.7. The van der Waals surface area contributed by atoms with Gasteiger partial charge in [0.1, 0.15) is 5.82 Å². The van der Waals surface area contributed by atoms with E-state index in [1.165, 1.54) is 0 Å². The van der Waals surface area contributed by atoms with Crippen molar-refractivity contribution in [2.45, 2.75) is 25.7 Å². The van der Waals surface area contributed by atoms with Gasteiger partial charge in [-0.3, -0.25) is 4.79 Å². The number of aromatic nitrogens is 2. The quantitative estimate of drug-likeness (QED) is 0.856. The van der Waals surface area contributed by atoms with Crippen LogP contribution in [0.5, 0.6) is 0 Å². The highest BCUT2D eigenvalue weighted by Gasteiger charge is 2.24. The number of nitrogens with one attached hydrogen (secondary N) is 1. The second kappa shape index (κ2) is 5.91. The summed E-state index contributed by atoms with van der Waals surface area (Å²) >= 11 is 0. The molecule has 2 heterocycles. The van der Waals surface area contributed by atoms with Crippen LogP contribution >= 0.6 is 0 Å². The molecule has 18 heavy (non-hydrogen) atoms. The first-order chi connectivity index (χ1) is 8.70. The summed E-state index contributed by atoms with van der Waals surface area (Å²) < 4.78 is 0. The van der Waals surface area contributed by atoms with Crippen LogP contribution in [0, 0.1) is 6.92 Å². The predicted molar refractivity (Wildman–Crippen MR) is 69.3 cm³/mol. The molecule has 1 N–H and O–H groups in total. The molecule has 5 heteroatoms. The van der Waals surface area contributed by atoms with E-state index in [4.69, 9.17) is 0 Å². The molecule has 2 rings (SSSR count). The van der Waals surface area contributed by atoms with Gasteiger partial charge in [0.05, 0.1) is 6.54 Å². The fourth-order valence-corrected chi connectivity index (χ4v) is 2.39. The normalized spacial score (nSPS) is 16.9. The Morgan fingerprint density at radius 3 is 2.83 bits per heavy atom. The van der Waals surface area contributed by atoms with Crippen molar-refractivity contribution in [1.29, 1.82) is 0 Å². The van der Waals surface area contributed by atoms with E-state index < -0.39 is 0 Å². The molecule has 0 atom stereocenters. The van der Waals surface area contributed by atoms with Crippen molar-refractivity contribution in [2.24, 2.45) is 0 Å². The molecule has 1 aromatic rings. The number of aryl methyl sites for hydroxylation is 1. The zero-order valence-corrected chi connectivity index (χ0v) is 11.0. The van der Waals surface area contributed by atoms with Crippen molar-refractivity contribution in [3.05, 3.63) is 23.8 Å². The number of amides is 1. The van der Waals surface area contributed by atoms with E-state index in [2.05, 4.69) is 15.3 Å². The average Bonchev–Trinajstić information content (AvgIpc) is 2.39. The Kier molecular flexibility index (Phi) is 4.25. The van der Waals surface area contributed by atoms with Crippen molar-refractivity contribution in [2.75, 3.05) is 26.7 Å². The van der Waals surface area contributed by atoms with Crippen LogP contribution in [0.25, 0.3) is 0 Å². The highest BCUT2D eigenvalue weighted by atomic mass is 16.2. The van der Waals surface area contributed by atoms with Crippen molar-refractivity contribution in [1.82, 2.24) is 20.2 Å². The molecule has 0 saturated carbocycles. The molecule has 1 fully saturated rings. The number of rotatable bonds is 3. The maximum atomic E-state index is 11.7. The average molecular weight is 248 g/mol. The minimum Gasteiger partial charge on any atom is -0.342 e. The lowest BCUT2D eigenvalue weighted by molar-refractivity contribution is -0.131. The van der Waals surface area contributed by atoms with Gasteiger partial charge in [0.25, 0.3) is 0 Å². The van der Waals surface area contributed by atoms with Gasteiger partial charge in [0, 0.05) is 30.9 Å². The Morgan fingerprint density at radius 1 is 1.50 bits per heavy atom. The number of piperidine rings is 1. The Labute approximate surface area is 108 Å². The van der Waals surface area contributed by atoms with Crippen molar-refractivity contribution in [3.8, 4) is 0 Å². The number of carbonyl (C=O) groups excluding carboxylic acids is 1. The van der Waals surface area contributed by atoms with E-state index in [1.54, 1.807) is 7.05 Å². The third-order valence-corrected chi connectivity index (χ3v) is 3.39. The number of carbonyl (C=O) groups is 1. The van der Waals surface area contributed by atoms with Crippen LogP contribution in [0.15, 0.2) is 12.3 Å². The molecule has 1 aromatic heterocycles. The van der Waals surface area contributed by atoms with Crippen LogP contribution in [0.2, 0.25) is 0 Å². The first-order valence-electron chi connectivity index (χ1n) is 6.42. The second-order valence-electron chi connectivity index (χ2n) is 4.71. The molecule has 0 spiro atoms. The minimum absolute atomic E-state index is 0.190. The van der Waals surface area contributed by atoms with Gasteiger partial charge in [-0.1, -0.05) is 0 Å². The number of likely N-dealkylation sites (tertiary alicyclic amines) is 1. The van der Waals surface area contributed by atoms with Crippen LogP contribution in [0.1, 0.15) is 30.3 Å². The van der Waals surface area contributed by atoms with E-state index >= 15 is 0 Å². The molecule has 1 amide bonds. The van der Waals surface area contributed by atoms with Crippen LogP contribution < -0.4 is 5.32 Å². The van der Waals surface area contributed by atoms with E-state index in [0.29, 0.717) is 12.5 Å². The number of nitrogens with zero attached hydrogens (tertiary/aromatic N) is 3. The van der Waals surface area contributed by atoms with Gasteiger partial charge in [0.2, 0.25) is 5.91 Å². The molecule has 0 bridgehead atoms. The van der Waals surface area contributed by atoms with Crippen molar-refractivity contribution in [3.63, 3.8) is 0 Å². The summed E-state index contributed by atoms with van der Waals surface area (Å²) in [7, 11) is 1.80. The van der Waals surface area contributed by atoms with E-state index in [-0.39, 0.29) is 5.91 Å². The summed E-state index contributed by atoms with van der Waals surface area (Å²) in [5.74, 6) is 1.47. The van der Waals surface area contributed by atoms with Gasteiger partial charge in [-0.15, -0.1) is 0 Å². The van der Waals surface area contributed by atoms with Gasteiger partial charge in [0.15, 0.2) is 0 Å². The fraction of sp³-hybridized carbons (Fsp3) is 0.615. The molecule has 1 saturated heterocycles. The van der Waals surface area contributed by atoms with Crippen molar-refractivity contribution < 1.29 is 4.79 Å². The third-order valence-electron chi connectivity index (χ3n) is 3.39. The lowest BCUT2D eigenvalue weighted by Crippen LogP contribution is -2.42. The van der Waals surface area contributed by atoms with Crippen LogP contribution in [0.4, 0.5) is 0 Å². The largest absolute Gasteiger partial charge is 0.342 e. The SMILES string of the molecule is CNCC(=O)N1CCC(c2ccnc(C)n2)CC1. The predicted octanol–water partition coefficient (Wildman–Crippen LogP) is 0.710. The fourth-order valence-electron chi connectivity index (χ4n) is 2.39. The molecule has 0 aliphatic carbocycles. The molecule has 0 radical (unpaired) electrons. The Balaban J connectivity index is 1.92. The first kappa shape index (κ1) is 13.0. The molecular weight excluding hydrogens is 228 g/mol. The summed E-state index contributed by atoms with van der Waals surface area (Å²) in [5.41, 5.74) is 1.11. The molecule has 0 aromatic carbocycles. The van der Waals surface area contributed by atoms with Gasteiger partial charge >= 0.3 is 0 Å².